The SMILES string of the molecule is COC(=O)[C@H](CCC[C@@H](NN)C(=O)OC)NC(=O)CCC(=O)O. The van der Waals surface area contributed by atoms with Crippen molar-refractivity contribution in [1.29, 1.82) is 0 Å². The van der Waals surface area contributed by atoms with Gasteiger partial charge >= 0.3 is 17.9 Å². The van der Waals surface area contributed by atoms with Crippen LogP contribution in [0.4, 0.5) is 0 Å². The second kappa shape index (κ2) is 11.4. The van der Waals surface area contributed by atoms with Crippen molar-refractivity contribution in [3.05, 3.63) is 0 Å². The summed E-state index contributed by atoms with van der Waals surface area (Å²) in [5, 5.41) is 10.9. The summed E-state index contributed by atoms with van der Waals surface area (Å²) < 4.78 is 9.14. The molecule has 0 heterocycles. The number of carboxylic acids is 1. The topological polar surface area (TPSA) is 157 Å². The monoisotopic (exact) mass is 333 g/mol. The zero-order chi connectivity index (χ0) is 17.8. The van der Waals surface area contributed by atoms with Crippen LogP contribution in [-0.2, 0) is 28.7 Å². The molecule has 23 heavy (non-hydrogen) atoms. The standard InChI is InChI=1S/C13H23N3O7/c1-22-12(20)8(15-10(17)6-7-11(18)19)4-3-5-9(16-14)13(21)23-2/h8-9,16H,3-7,14H2,1-2H3,(H,15,17)(H,18,19)/t8-,9+/m0/s1. The third kappa shape index (κ3) is 8.73. The number of carbonyl (C=O) groups is 4. The van der Waals surface area contributed by atoms with Crippen LogP contribution < -0.4 is 16.6 Å². The van der Waals surface area contributed by atoms with Gasteiger partial charge in [-0.05, 0) is 19.3 Å². The number of aliphatic carboxylic acids is 1. The van der Waals surface area contributed by atoms with Crippen LogP contribution in [0.5, 0.6) is 0 Å². The van der Waals surface area contributed by atoms with Gasteiger partial charge in [-0.2, -0.15) is 0 Å². The predicted octanol–water partition coefficient (Wildman–Crippen LogP) is -1.32. The number of amides is 1. The number of carboxylic acid groups (broad SMARTS) is 1. The summed E-state index contributed by atoms with van der Waals surface area (Å²) in [6, 6.07) is -1.64. The van der Waals surface area contributed by atoms with Gasteiger partial charge in [0.1, 0.15) is 12.1 Å². The Morgan fingerprint density at radius 2 is 1.52 bits per heavy atom. The first-order valence-electron chi connectivity index (χ1n) is 6.98. The van der Waals surface area contributed by atoms with Gasteiger partial charge < -0.3 is 19.9 Å². The average molecular weight is 333 g/mol. The third-order valence-corrected chi connectivity index (χ3v) is 3.06. The number of nitrogens with one attached hydrogen (secondary N) is 2. The molecule has 5 N–H and O–H groups in total. The molecule has 0 bridgehead atoms. The van der Waals surface area contributed by atoms with E-state index in [1.807, 2.05) is 0 Å². The van der Waals surface area contributed by atoms with Crippen molar-refractivity contribution in [3.63, 3.8) is 0 Å². The zero-order valence-electron chi connectivity index (χ0n) is 13.2. The maximum absolute atomic E-state index is 11.6. The van der Waals surface area contributed by atoms with Crippen molar-refractivity contribution in [2.75, 3.05) is 14.2 Å². The summed E-state index contributed by atoms with van der Waals surface area (Å²) in [6.07, 6.45) is 0.310. The van der Waals surface area contributed by atoms with Crippen molar-refractivity contribution >= 4 is 23.8 Å². The Balaban J connectivity index is 4.45. The summed E-state index contributed by atoms with van der Waals surface area (Å²) in [4.78, 5) is 45.0. The van der Waals surface area contributed by atoms with Gasteiger partial charge in [0.15, 0.2) is 0 Å². The number of rotatable bonds is 11. The van der Waals surface area contributed by atoms with Gasteiger partial charge in [-0.15, -0.1) is 0 Å². The van der Waals surface area contributed by atoms with E-state index in [1.165, 1.54) is 14.2 Å². The van der Waals surface area contributed by atoms with Crippen molar-refractivity contribution in [1.82, 2.24) is 10.7 Å². The molecule has 0 aromatic heterocycles. The van der Waals surface area contributed by atoms with Crippen LogP contribution in [0.25, 0.3) is 0 Å². The Kier molecular flexibility index (Phi) is 10.3. The van der Waals surface area contributed by atoms with Gasteiger partial charge in [-0.1, -0.05) is 0 Å². The number of methoxy groups -OCH3 is 2. The van der Waals surface area contributed by atoms with Crippen LogP contribution in [0.1, 0.15) is 32.1 Å². The molecule has 0 aliphatic carbocycles. The van der Waals surface area contributed by atoms with Crippen LogP contribution in [0, 0.1) is 0 Å². The average Bonchev–Trinajstić information content (AvgIpc) is 2.54. The zero-order valence-corrected chi connectivity index (χ0v) is 13.2. The van der Waals surface area contributed by atoms with Crippen molar-refractivity contribution in [3.8, 4) is 0 Å². The van der Waals surface area contributed by atoms with Crippen LogP contribution in [-0.4, -0.2) is 55.2 Å². The number of hydrazine groups is 1. The quantitative estimate of drug-likeness (QED) is 0.204. The summed E-state index contributed by atoms with van der Waals surface area (Å²) in [6.45, 7) is 0. The van der Waals surface area contributed by atoms with E-state index in [0.29, 0.717) is 12.8 Å². The normalized spacial score (nSPS) is 12.8. The highest BCUT2D eigenvalue weighted by molar-refractivity contribution is 5.86. The summed E-state index contributed by atoms with van der Waals surface area (Å²) in [5.74, 6) is 2.38. The minimum atomic E-state index is -1.11. The fourth-order valence-corrected chi connectivity index (χ4v) is 1.82. The number of hydrogen-bond acceptors (Lipinski definition) is 8. The Morgan fingerprint density at radius 1 is 1.00 bits per heavy atom. The highest BCUT2D eigenvalue weighted by Gasteiger charge is 2.23. The Labute approximate surface area is 133 Å². The van der Waals surface area contributed by atoms with Gasteiger partial charge in [0.05, 0.1) is 20.6 Å². The summed E-state index contributed by atoms with van der Waals surface area (Å²) in [5.41, 5.74) is 2.30. The first-order chi connectivity index (χ1) is 10.8. The lowest BCUT2D eigenvalue weighted by Crippen LogP contribution is -2.44. The third-order valence-electron chi connectivity index (χ3n) is 3.06. The fraction of sp³-hybridized carbons (Fsp3) is 0.692. The molecule has 0 aromatic carbocycles. The minimum Gasteiger partial charge on any atom is -0.481 e. The second-order valence-electron chi connectivity index (χ2n) is 4.71. The molecular formula is C13H23N3O7. The molecule has 0 radical (unpaired) electrons. The number of esters is 2. The Morgan fingerprint density at radius 3 is 2.00 bits per heavy atom. The highest BCUT2D eigenvalue weighted by atomic mass is 16.5. The lowest BCUT2D eigenvalue weighted by atomic mass is 10.1. The van der Waals surface area contributed by atoms with Gasteiger partial charge in [0.25, 0.3) is 0 Å². The van der Waals surface area contributed by atoms with Gasteiger partial charge in [0.2, 0.25) is 5.91 Å². The summed E-state index contributed by atoms with van der Waals surface area (Å²) >= 11 is 0. The second-order valence-corrected chi connectivity index (χ2v) is 4.71. The molecule has 0 saturated heterocycles. The number of carbonyl (C=O) groups excluding carboxylic acids is 3. The molecule has 0 aromatic rings. The van der Waals surface area contributed by atoms with Crippen LogP contribution in [0.15, 0.2) is 0 Å². The van der Waals surface area contributed by atoms with Gasteiger partial charge in [-0.25, -0.2) is 10.2 Å². The number of ether oxygens (including phenoxy) is 2. The lowest BCUT2D eigenvalue weighted by molar-refractivity contribution is -0.145. The van der Waals surface area contributed by atoms with E-state index in [-0.39, 0.29) is 19.3 Å². The fourth-order valence-electron chi connectivity index (χ4n) is 1.82. The number of hydrogen-bond donors (Lipinski definition) is 4. The van der Waals surface area contributed by atoms with Crippen molar-refractivity contribution in [2.45, 2.75) is 44.2 Å². The van der Waals surface area contributed by atoms with Crippen LogP contribution in [0.2, 0.25) is 0 Å². The van der Waals surface area contributed by atoms with Gasteiger partial charge in [-0.3, -0.25) is 20.2 Å². The van der Waals surface area contributed by atoms with Crippen LogP contribution in [0.3, 0.4) is 0 Å². The smallest absolute Gasteiger partial charge is 0.328 e. The van der Waals surface area contributed by atoms with E-state index in [2.05, 4.69) is 20.2 Å². The Hall–Kier alpha value is -2.20. The summed E-state index contributed by atoms with van der Waals surface area (Å²) in [7, 11) is 2.41. The first kappa shape index (κ1) is 20.8. The first-order valence-corrected chi connectivity index (χ1v) is 6.98. The number of nitrogens with two attached hydrogens (primary N) is 1. The molecule has 10 heteroatoms. The molecule has 0 fully saturated rings. The van der Waals surface area contributed by atoms with Crippen LogP contribution >= 0.6 is 0 Å². The molecule has 0 aliphatic heterocycles. The molecule has 10 nitrogen and oxygen atoms in total. The van der Waals surface area contributed by atoms with E-state index in [0.717, 1.165) is 0 Å². The molecule has 0 saturated carbocycles. The molecule has 0 rings (SSSR count). The van der Waals surface area contributed by atoms with E-state index in [1.54, 1.807) is 0 Å². The molecule has 0 unspecified atom stereocenters. The largest absolute Gasteiger partial charge is 0.481 e. The van der Waals surface area contributed by atoms with Crippen molar-refractivity contribution < 1.29 is 33.8 Å². The predicted molar refractivity (Wildman–Crippen MR) is 77.8 cm³/mol. The molecule has 132 valence electrons. The molecular weight excluding hydrogens is 310 g/mol. The van der Waals surface area contributed by atoms with Gasteiger partial charge in [0, 0.05) is 6.42 Å². The highest BCUT2D eigenvalue weighted by Crippen LogP contribution is 2.07. The molecule has 1 amide bonds. The van der Waals surface area contributed by atoms with E-state index in [9.17, 15) is 19.2 Å². The molecule has 2 atom stereocenters. The lowest BCUT2D eigenvalue weighted by Gasteiger charge is -2.18. The minimum absolute atomic E-state index is 0.209. The Bertz CT molecular complexity index is 428. The maximum Gasteiger partial charge on any atom is 0.328 e. The molecule has 0 spiro atoms. The maximum atomic E-state index is 11.6. The van der Waals surface area contributed by atoms with E-state index >= 15 is 0 Å². The molecule has 0 aliphatic rings. The van der Waals surface area contributed by atoms with E-state index in [4.69, 9.17) is 10.9 Å². The van der Waals surface area contributed by atoms with Crippen molar-refractivity contribution in [2.24, 2.45) is 5.84 Å². The van der Waals surface area contributed by atoms with E-state index < -0.39 is 35.9 Å².